The Morgan fingerprint density at radius 1 is 1.42 bits per heavy atom. The third kappa shape index (κ3) is 1.48. The van der Waals surface area contributed by atoms with Crippen molar-refractivity contribution in [2.75, 3.05) is 24.7 Å². The first-order chi connectivity index (χ1) is 5.65. The summed E-state index contributed by atoms with van der Waals surface area (Å²) >= 11 is 0. The molecule has 0 saturated carbocycles. The third-order valence-electron chi connectivity index (χ3n) is 1.64. The van der Waals surface area contributed by atoms with E-state index < -0.39 is 0 Å². The predicted octanol–water partition coefficient (Wildman–Crippen LogP) is 1.21. The van der Waals surface area contributed by atoms with Gasteiger partial charge in [-0.15, -0.1) is 0 Å². The van der Waals surface area contributed by atoms with E-state index in [1.54, 1.807) is 12.1 Å². The lowest BCUT2D eigenvalue weighted by atomic mass is 10.2. The van der Waals surface area contributed by atoms with Gasteiger partial charge in [0.2, 0.25) is 0 Å². The van der Waals surface area contributed by atoms with Gasteiger partial charge in [0, 0.05) is 14.1 Å². The monoisotopic (exact) mass is 161 g/mol. The van der Waals surface area contributed by atoms with Gasteiger partial charge in [0.1, 0.15) is 0 Å². The zero-order chi connectivity index (χ0) is 9.14. The van der Waals surface area contributed by atoms with Crippen LogP contribution in [0.2, 0.25) is 0 Å². The summed E-state index contributed by atoms with van der Waals surface area (Å²) in [5.74, 6) is 0. The first kappa shape index (κ1) is 8.41. The summed E-state index contributed by atoms with van der Waals surface area (Å²) in [6, 6.07) is 7.31. The lowest BCUT2D eigenvalue weighted by molar-refractivity contribution is 1.13. The molecular formula is C9H11N3. The topological polar surface area (TPSA) is 53.0 Å². The maximum Gasteiger partial charge on any atom is 0.0992 e. The Hall–Kier alpha value is -1.69. The van der Waals surface area contributed by atoms with Gasteiger partial charge in [0.25, 0.3) is 0 Å². The summed E-state index contributed by atoms with van der Waals surface area (Å²) < 4.78 is 0. The van der Waals surface area contributed by atoms with E-state index in [9.17, 15) is 0 Å². The van der Waals surface area contributed by atoms with Gasteiger partial charge in [-0.3, -0.25) is 0 Å². The minimum absolute atomic E-state index is 0.595. The Bertz CT molecular complexity index is 323. The van der Waals surface area contributed by atoms with E-state index in [4.69, 9.17) is 11.0 Å². The average molecular weight is 161 g/mol. The molecule has 0 radical (unpaired) electrons. The van der Waals surface area contributed by atoms with Crippen molar-refractivity contribution in [1.29, 1.82) is 5.26 Å². The highest BCUT2D eigenvalue weighted by Gasteiger charge is 2.01. The number of hydrogen-bond donors (Lipinski definition) is 1. The average Bonchev–Trinajstić information content (AvgIpc) is 2.03. The van der Waals surface area contributed by atoms with Gasteiger partial charge >= 0.3 is 0 Å². The van der Waals surface area contributed by atoms with Crippen molar-refractivity contribution in [2.45, 2.75) is 0 Å². The number of anilines is 2. The molecular weight excluding hydrogens is 150 g/mol. The van der Waals surface area contributed by atoms with Crippen LogP contribution in [0.1, 0.15) is 5.56 Å². The quantitative estimate of drug-likeness (QED) is 0.630. The van der Waals surface area contributed by atoms with Crippen molar-refractivity contribution < 1.29 is 0 Å². The second-order valence-electron chi connectivity index (χ2n) is 2.78. The highest BCUT2D eigenvalue weighted by atomic mass is 15.1. The summed E-state index contributed by atoms with van der Waals surface area (Å²) in [7, 11) is 3.83. The minimum Gasteiger partial charge on any atom is -0.397 e. The van der Waals surface area contributed by atoms with Crippen LogP contribution in [0.15, 0.2) is 18.2 Å². The molecule has 1 aromatic carbocycles. The Kier molecular flexibility index (Phi) is 2.20. The Labute approximate surface area is 72.0 Å². The fourth-order valence-corrected chi connectivity index (χ4v) is 1.03. The van der Waals surface area contributed by atoms with Crippen LogP contribution in [-0.4, -0.2) is 14.1 Å². The van der Waals surface area contributed by atoms with E-state index in [1.165, 1.54) is 0 Å². The van der Waals surface area contributed by atoms with Crippen LogP contribution in [0, 0.1) is 11.3 Å². The molecule has 0 spiro atoms. The molecule has 0 aliphatic rings. The number of nitrogens with zero attached hydrogens (tertiary/aromatic N) is 2. The summed E-state index contributed by atoms with van der Waals surface area (Å²) in [6.07, 6.45) is 0. The molecule has 0 aromatic heterocycles. The molecule has 3 nitrogen and oxygen atoms in total. The summed E-state index contributed by atoms with van der Waals surface area (Å²) in [5, 5.41) is 8.57. The van der Waals surface area contributed by atoms with Crippen molar-refractivity contribution in [2.24, 2.45) is 0 Å². The highest BCUT2D eigenvalue weighted by Crippen LogP contribution is 2.21. The predicted molar refractivity (Wildman–Crippen MR) is 49.9 cm³/mol. The van der Waals surface area contributed by atoms with E-state index in [0.29, 0.717) is 11.3 Å². The molecule has 62 valence electrons. The standard InChI is InChI=1S/C9H11N3/c1-12(2)9-4-3-7(6-10)5-8(9)11/h3-5H,11H2,1-2H3. The fraction of sp³-hybridized carbons (Fsp3) is 0.222. The van der Waals surface area contributed by atoms with Gasteiger partial charge in [0.15, 0.2) is 0 Å². The van der Waals surface area contributed by atoms with E-state index in [1.807, 2.05) is 31.1 Å². The Morgan fingerprint density at radius 3 is 2.50 bits per heavy atom. The Morgan fingerprint density at radius 2 is 2.08 bits per heavy atom. The van der Waals surface area contributed by atoms with E-state index in [-0.39, 0.29) is 0 Å². The smallest absolute Gasteiger partial charge is 0.0992 e. The normalized spacial score (nSPS) is 9.08. The molecule has 2 N–H and O–H groups in total. The molecule has 1 aromatic rings. The summed E-state index contributed by atoms with van der Waals surface area (Å²) in [5.41, 5.74) is 7.88. The van der Waals surface area contributed by atoms with E-state index in [2.05, 4.69) is 0 Å². The van der Waals surface area contributed by atoms with Gasteiger partial charge in [-0.1, -0.05) is 0 Å². The molecule has 0 aliphatic heterocycles. The zero-order valence-electron chi connectivity index (χ0n) is 7.20. The first-order valence-corrected chi connectivity index (χ1v) is 3.62. The number of nitrogens with two attached hydrogens (primary N) is 1. The molecule has 0 bridgehead atoms. The molecule has 12 heavy (non-hydrogen) atoms. The number of nitrogen functional groups attached to an aromatic ring is 1. The maximum absolute atomic E-state index is 8.57. The van der Waals surface area contributed by atoms with Gasteiger partial charge in [-0.2, -0.15) is 5.26 Å². The van der Waals surface area contributed by atoms with Gasteiger partial charge in [0.05, 0.1) is 23.0 Å². The molecule has 0 fully saturated rings. The summed E-state index contributed by atoms with van der Waals surface area (Å²) in [6.45, 7) is 0. The number of hydrogen-bond acceptors (Lipinski definition) is 3. The molecule has 0 amide bonds. The number of benzene rings is 1. The zero-order valence-corrected chi connectivity index (χ0v) is 7.20. The molecule has 0 saturated heterocycles. The van der Waals surface area contributed by atoms with Crippen LogP contribution in [0.5, 0.6) is 0 Å². The van der Waals surface area contributed by atoms with Crippen LogP contribution < -0.4 is 10.6 Å². The van der Waals surface area contributed by atoms with Crippen molar-refractivity contribution in [3.8, 4) is 6.07 Å². The molecule has 0 aliphatic carbocycles. The van der Waals surface area contributed by atoms with Crippen molar-refractivity contribution in [3.05, 3.63) is 23.8 Å². The molecule has 0 atom stereocenters. The SMILES string of the molecule is CN(C)c1ccc(C#N)cc1N. The van der Waals surface area contributed by atoms with Gasteiger partial charge < -0.3 is 10.6 Å². The van der Waals surface area contributed by atoms with Crippen LogP contribution in [0.4, 0.5) is 11.4 Å². The van der Waals surface area contributed by atoms with Gasteiger partial charge in [-0.05, 0) is 18.2 Å². The highest BCUT2D eigenvalue weighted by molar-refractivity contribution is 5.68. The molecule has 0 unspecified atom stereocenters. The number of nitriles is 1. The van der Waals surface area contributed by atoms with E-state index >= 15 is 0 Å². The fourth-order valence-electron chi connectivity index (χ4n) is 1.03. The lowest BCUT2D eigenvalue weighted by Crippen LogP contribution is -2.10. The second kappa shape index (κ2) is 3.14. The van der Waals surface area contributed by atoms with Crippen molar-refractivity contribution >= 4 is 11.4 Å². The first-order valence-electron chi connectivity index (χ1n) is 3.62. The summed E-state index contributed by atoms with van der Waals surface area (Å²) in [4.78, 5) is 1.91. The lowest BCUT2D eigenvalue weighted by Gasteiger charge is -2.14. The van der Waals surface area contributed by atoms with Gasteiger partial charge in [-0.25, -0.2) is 0 Å². The van der Waals surface area contributed by atoms with Crippen LogP contribution in [-0.2, 0) is 0 Å². The van der Waals surface area contributed by atoms with Crippen LogP contribution in [0.25, 0.3) is 0 Å². The largest absolute Gasteiger partial charge is 0.397 e. The molecule has 3 heteroatoms. The van der Waals surface area contributed by atoms with E-state index in [0.717, 1.165) is 5.69 Å². The number of rotatable bonds is 1. The molecule has 1 rings (SSSR count). The Balaban J connectivity index is 3.14. The minimum atomic E-state index is 0.595. The molecule has 0 heterocycles. The van der Waals surface area contributed by atoms with Crippen LogP contribution >= 0.6 is 0 Å². The maximum atomic E-state index is 8.57. The van der Waals surface area contributed by atoms with Crippen molar-refractivity contribution in [1.82, 2.24) is 0 Å². The van der Waals surface area contributed by atoms with Crippen LogP contribution in [0.3, 0.4) is 0 Å². The second-order valence-corrected chi connectivity index (χ2v) is 2.78. The third-order valence-corrected chi connectivity index (χ3v) is 1.64. The van der Waals surface area contributed by atoms with Crippen molar-refractivity contribution in [3.63, 3.8) is 0 Å².